The van der Waals surface area contributed by atoms with Crippen molar-refractivity contribution in [1.29, 1.82) is 0 Å². The fourth-order valence-electron chi connectivity index (χ4n) is 2.34. The van der Waals surface area contributed by atoms with Gasteiger partial charge >= 0.3 is 18.0 Å². The Balaban J connectivity index is 2.20. The van der Waals surface area contributed by atoms with Gasteiger partial charge in [-0.1, -0.05) is 24.2 Å². The van der Waals surface area contributed by atoms with Gasteiger partial charge in [-0.25, -0.2) is 0 Å². The summed E-state index contributed by atoms with van der Waals surface area (Å²) in [7, 11) is 0. The number of carboxylic acid groups (broad SMARTS) is 1. The number of carboxylic acids is 1. The number of halogens is 3. The van der Waals surface area contributed by atoms with Crippen LogP contribution < -0.4 is 0 Å². The Hall–Kier alpha value is -2.91. The van der Waals surface area contributed by atoms with Gasteiger partial charge in [0.2, 0.25) is 5.82 Å². The fraction of sp³-hybridized carbons (Fsp3) is 0.412. The van der Waals surface area contributed by atoms with Crippen molar-refractivity contribution in [1.82, 2.24) is 15.0 Å². The van der Waals surface area contributed by atoms with E-state index in [-0.39, 0.29) is 41.9 Å². The minimum atomic E-state index is -4.73. The minimum absolute atomic E-state index is 0.0602. The molecule has 0 spiro atoms. The summed E-state index contributed by atoms with van der Waals surface area (Å²) in [6.07, 6.45) is -4.27. The lowest BCUT2D eigenvalue weighted by Crippen LogP contribution is -2.39. The Morgan fingerprint density at radius 3 is 2.37 bits per heavy atom. The maximum absolute atomic E-state index is 12.7. The predicted octanol–water partition coefficient (Wildman–Crippen LogP) is 3.47. The van der Waals surface area contributed by atoms with E-state index in [4.69, 9.17) is 5.11 Å². The van der Waals surface area contributed by atoms with Crippen molar-refractivity contribution in [2.75, 3.05) is 6.54 Å². The average Bonchev–Trinajstić information content (AvgIpc) is 3.11. The van der Waals surface area contributed by atoms with Crippen LogP contribution in [-0.4, -0.2) is 44.6 Å². The van der Waals surface area contributed by atoms with Gasteiger partial charge < -0.3 is 14.5 Å². The molecular formula is C17H18F3N3O4. The molecule has 1 heterocycles. The summed E-state index contributed by atoms with van der Waals surface area (Å²) < 4.78 is 41.8. The molecule has 1 aromatic heterocycles. The third kappa shape index (κ3) is 5.05. The molecule has 1 N–H and O–H groups in total. The number of rotatable bonds is 7. The minimum Gasteiger partial charge on any atom is -0.481 e. The molecule has 0 aliphatic heterocycles. The first-order valence-corrected chi connectivity index (χ1v) is 8.17. The van der Waals surface area contributed by atoms with Gasteiger partial charge in [0.25, 0.3) is 5.91 Å². The van der Waals surface area contributed by atoms with Gasteiger partial charge in [0, 0.05) is 23.7 Å². The van der Waals surface area contributed by atoms with E-state index < -0.39 is 18.0 Å². The maximum atomic E-state index is 12.7. The molecule has 0 saturated carbocycles. The monoisotopic (exact) mass is 385 g/mol. The smallest absolute Gasteiger partial charge is 0.471 e. The summed E-state index contributed by atoms with van der Waals surface area (Å²) in [6, 6.07) is 5.51. The first-order valence-electron chi connectivity index (χ1n) is 8.17. The Kier molecular flexibility index (Phi) is 6.19. The number of nitrogens with zero attached hydrogens (tertiary/aromatic N) is 3. The SMILES string of the molecule is CCC(C)N(CCC(=O)O)C(=O)c1ccc(-c2noc(C(F)(F)F)n2)cc1. The lowest BCUT2D eigenvalue weighted by Gasteiger charge is -2.28. The molecule has 7 nitrogen and oxygen atoms in total. The quantitative estimate of drug-likeness (QED) is 0.784. The lowest BCUT2D eigenvalue weighted by atomic mass is 10.1. The second-order valence-electron chi connectivity index (χ2n) is 5.90. The molecule has 10 heteroatoms. The second kappa shape index (κ2) is 8.19. The van der Waals surface area contributed by atoms with Crippen LogP contribution in [0.25, 0.3) is 11.4 Å². The molecule has 1 amide bonds. The van der Waals surface area contributed by atoms with E-state index >= 15 is 0 Å². The van der Waals surface area contributed by atoms with Crippen molar-refractivity contribution in [3.8, 4) is 11.4 Å². The van der Waals surface area contributed by atoms with Crippen molar-refractivity contribution < 1.29 is 32.4 Å². The first kappa shape index (κ1) is 20.4. The van der Waals surface area contributed by atoms with E-state index in [1.54, 1.807) is 0 Å². The summed E-state index contributed by atoms with van der Waals surface area (Å²) in [5.41, 5.74) is 0.537. The zero-order valence-corrected chi connectivity index (χ0v) is 14.7. The molecule has 0 bridgehead atoms. The van der Waals surface area contributed by atoms with E-state index in [9.17, 15) is 22.8 Å². The lowest BCUT2D eigenvalue weighted by molar-refractivity contribution is -0.159. The highest BCUT2D eigenvalue weighted by Crippen LogP contribution is 2.29. The molecule has 0 saturated heterocycles. The Morgan fingerprint density at radius 2 is 1.89 bits per heavy atom. The molecule has 1 aromatic carbocycles. The number of carbonyl (C=O) groups is 2. The average molecular weight is 385 g/mol. The van der Waals surface area contributed by atoms with E-state index in [0.29, 0.717) is 6.42 Å². The van der Waals surface area contributed by atoms with Gasteiger partial charge in [0.1, 0.15) is 0 Å². The van der Waals surface area contributed by atoms with Crippen LogP contribution >= 0.6 is 0 Å². The number of hydrogen-bond acceptors (Lipinski definition) is 5. The summed E-state index contributed by atoms with van der Waals surface area (Å²) in [5, 5.41) is 12.1. The highest BCUT2D eigenvalue weighted by Gasteiger charge is 2.38. The van der Waals surface area contributed by atoms with Crippen LogP contribution in [0.1, 0.15) is 42.9 Å². The maximum Gasteiger partial charge on any atom is 0.471 e. The van der Waals surface area contributed by atoms with Crippen molar-refractivity contribution >= 4 is 11.9 Å². The molecule has 146 valence electrons. The van der Waals surface area contributed by atoms with Crippen molar-refractivity contribution in [2.45, 2.75) is 38.9 Å². The van der Waals surface area contributed by atoms with Crippen molar-refractivity contribution in [2.24, 2.45) is 0 Å². The van der Waals surface area contributed by atoms with E-state index in [1.807, 2.05) is 13.8 Å². The summed E-state index contributed by atoms with van der Waals surface area (Å²) in [6.45, 7) is 3.75. The van der Waals surface area contributed by atoms with Crippen LogP contribution in [0.2, 0.25) is 0 Å². The van der Waals surface area contributed by atoms with E-state index in [2.05, 4.69) is 14.7 Å². The number of amides is 1. The van der Waals surface area contributed by atoms with Gasteiger partial charge in [0.05, 0.1) is 6.42 Å². The van der Waals surface area contributed by atoms with Crippen LogP contribution in [0.5, 0.6) is 0 Å². The van der Waals surface area contributed by atoms with Crippen LogP contribution in [0, 0.1) is 0 Å². The van der Waals surface area contributed by atoms with Crippen molar-refractivity contribution in [3.05, 3.63) is 35.7 Å². The highest BCUT2D eigenvalue weighted by molar-refractivity contribution is 5.95. The number of carbonyl (C=O) groups excluding carboxylic acids is 1. The largest absolute Gasteiger partial charge is 0.481 e. The Labute approximate surface area is 152 Å². The molecule has 0 fully saturated rings. The van der Waals surface area contributed by atoms with E-state index in [1.165, 1.54) is 29.2 Å². The molecule has 0 radical (unpaired) electrons. The topological polar surface area (TPSA) is 96.5 Å². The van der Waals surface area contributed by atoms with Gasteiger partial charge in [-0.2, -0.15) is 18.2 Å². The van der Waals surface area contributed by atoms with Crippen LogP contribution in [0.3, 0.4) is 0 Å². The van der Waals surface area contributed by atoms with Gasteiger partial charge in [0.15, 0.2) is 0 Å². The number of alkyl halides is 3. The first-order chi connectivity index (χ1) is 12.6. The van der Waals surface area contributed by atoms with Gasteiger partial charge in [-0.3, -0.25) is 9.59 Å². The Bertz CT molecular complexity index is 803. The summed E-state index contributed by atoms with van der Waals surface area (Å²) in [4.78, 5) is 28.2. The molecule has 2 aromatic rings. The third-order valence-corrected chi connectivity index (χ3v) is 4.01. The van der Waals surface area contributed by atoms with Crippen LogP contribution in [-0.2, 0) is 11.0 Å². The summed E-state index contributed by atoms with van der Waals surface area (Å²) in [5.74, 6) is -3.06. The summed E-state index contributed by atoms with van der Waals surface area (Å²) >= 11 is 0. The van der Waals surface area contributed by atoms with Crippen LogP contribution in [0.4, 0.5) is 13.2 Å². The van der Waals surface area contributed by atoms with Gasteiger partial charge in [-0.05, 0) is 25.5 Å². The molecule has 1 atom stereocenters. The van der Waals surface area contributed by atoms with Gasteiger partial charge in [-0.15, -0.1) is 0 Å². The molecule has 0 aliphatic rings. The normalized spacial score (nSPS) is 12.6. The molecule has 2 rings (SSSR count). The van der Waals surface area contributed by atoms with E-state index in [0.717, 1.165) is 0 Å². The predicted molar refractivity (Wildman–Crippen MR) is 87.8 cm³/mol. The molecular weight excluding hydrogens is 367 g/mol. The van der Waals surface area contributed by atoms with Crippen molar-refractivity contribution in [3.63, 3.8) is 0 Å². The number of aliphatic carboxylic acids is 1. The second-order valence-corrected chi connectivity index (χ2v) is 5.90. The third-order valence-electron chi connectivity index (χ3n) is 4.01. The molecule has 27 heavy (non-hydrogen) atoms. The number of hydrogen-bond donors (Lipinski definition) is 1. The Morgan fingerprint density at radius 1 is 1.26 bits per heavy atom. The standard InChI is InChI=1S/C17H18F3N3O4/c1-3-10(2)23(9-8-13(24)25)15(26)12-6-4-11(5-7-12)14-21-16(27-22-14)17(18,19)20/h4-7,10H,3,8-9H2,1-2H3,(H,24,25). The number of benzene rings is 1. The zero-order valence-electron chi connectivity index (χ0n) is 14.7. The van der Waals surface area contributed by atoms with Crippen LogP contribution in [0.15, 0.2) is 28.8 Å². The molecule has 1 unspecified atom stereocenters. The zero-order chi connectivity index (χ0) is 20.2. The highest BCUT2D eigenvalue weighted by atomic mass is 19.4. The number of aromatic nitrogens is 2. The fourth-order valence-corrected chi connectivity index (χ4v) is 2.34. The molecule has 0 aliphatic carbocycles.